The highest BCUT2D eigenvalue weighted by Crippen LogP contribution is 2.25. The minimum absolute atomic E-state index is 0.160. The molecule has 0 saturated carbocycles. The molecule has 6 heteroatoms. The summed E-state index contributed by atoms with van der Waals surface area (Å²) in [6, 6.07) is 3.27. The fourth-order valence-corrected chi connectivity index (χ4v) is 3.25. The van der Waals surface area contributed by atoms with Gasteiger partial charge in [0.2, 0.25) is 0 Å². The first kappa shape index (κ1) is 14.3. The van der Waals surface area contributed by atoms with Gasteiger partial charge in [0.15, 0.2) is 9.84 Å². The smallest absolute Gasteiger partial charge is 0.179 e. The van der Waals surface area contributed by atoms with Crippen molar-refractivity contribution in [2.45, 2.75) is 30.8 Å². The van der Waals surface area contributed by atoms with Gasteiger partial charge in [-0.1, -0.05) is 0 Å². The van der Waals surface area contributed by atoms with E-state index in [9.17, 15) is 8.42 Å². The van der Waals surface area contributed by atoms with Crippen molar-refractivity contribution >= 4 is 15.7 Å². The monoisotopic (exact) mass is 284 g/mol. The first-order valence-electron chi connectivity index (χ1n) is 6.54. The van der Waals surface area contributed by atoms with Gasteiger partial charge < -0.3 is 9.64 Å². The molecule has 1 aromatic rings. The van der Waals surface area contributed by atoms with E-state index >= 15 is 0 Å². The Labute approximate surface area is 114 Å². The van der Waals surface area contributed by atoms with Gasteiger partial charge in [-0.15, -0.1) is 0 Å². The molecule has 5 nitrogen and oxygen atoms in total. The molecule has 0 amide bonds. The second-order valence-electron chi connectivity index (χ2n) is 4.76. The zero-order valence-electron chi connectivity index (χ0n) is 11.4. The maximum Gasteiger partial charge on any atom is 0.179 e. The van der Waals surface area contributed by atoms with E-state index in [-0.39, 0.29) is 6.10 Å². The van der Waals surface area contributed by atoms with Crippen LogP contribution in [0.15, 0.2) is 23.2 Å². The lowest BCUT2D eigenvalue weighted by molar-refractivity contribution is 0.0524. The van der Waals surface area contributed by atoms with Crippen molar-refractivity contribution in [3.8, 4) is 0 Å². The quantitative estimate of drug-likeness (QED) is 0.838. The number of hydrogen-bond acceptors (Lipinski definition) is 5. The van der Waals surface area contributed by atoms with Crippen LogP contribution in [0, 0.1) is 0 Å². The highest BCUT2D eigenvalue weighted by Gasteiger charge is 2.25. The van der Waals surface area contributed by atoms with Crippen LogP contribution in [0.5, 0.6) is 0 Å². The number of ether oxygens (including phenoxy) is 1. The third-order valence-corrected chi connectivity index (χ3v) is 4.35. The number of nitrogens with zero attached hydrogens (tertiary/aromatic N) is 2. The summed E-state index contributed by atoms with van der Waals surface area (Å²) in [5, 5.41) is 0. The topological polar surface area (TPSA) is 59.5 Å². The van der Waals surface area contributed by atoms with Crippen LogP contribution in [0.4, 0.5) is 5.82 Å². The van der Waals surface area contributed by atoms with Crippen LogP contribution in [0.3, 0.4) is 0 Å². The maximum atomic E-state index is 11.8. The molecule has 19 heavy (non-hydrogen) atoms. The van der Waals surface area contributed by atoms with E-state index < -0.39 is 9.84 Å². The van der Waals surface area contributed by atoms with E-state index in [2.05, 4.69) is 4.98 Å². The summed E-state index contributed by atoms with van der Waals surface area (Å²) in [4.78, 5) is 6.57. The lowest BCUT2D eigenvalue weighted by Crippen LogP contribution is -2.40. The van der Waals surface area contributed by atoms with Crippen LogP contribution in [-0.4, -0.2) is 45.5 Å². The van der Waals surface area contributed by atoms with Gasteiger partial charge in [0.1, 0.15) is 10.7 Å². The predicted octanol–water partition coefficient (Wildman–Crippen LogP) is 1.49. The van der Waals surface area contributed by atoms with Crippen molar-refractivity contribution in [1.29, 1.82) is 0 Å². The van der Waals surface area contributed by atoms with Crippen molar-refractivity contribution < 1.29 is 13.2 Å². The molecule has 1 atom stereocenters. The van der Waals surface area contributed by atoms with Gasteiger partial charge in [0.25, 0.3) is 0 Å². The standard InChI is InChI=1S/C13H20N2O3S/c1-3-18-11-6-5-9-15(10-11)13-12(19(2,16)17)7-4-8-14-13/h4,7-8,11H,3,5-6,9-10H2,1-2H3. The zero-order chi connectivity index (χ0) is 13.9. The first-order chi connectivity index (χ1) is 9.02. The fourth-order valence-electron chi connectivity index (χ4n) is 2.41. The van der Waals surface area contributed by atoms with Crippen LogP contribution in [-0.2, 0) is 14.6 Å². The minimum Gasteiger partial charge on any atom is -0.377 e. The molecule has 1 aromatic heterocycles. The lowest BCUT2D eigenvalue weighted by atomic mass is 10.1. The molecule has 0 radical (unpaired) electrons. The molecule has 1 aliphatic heterocycles. The van der Waals surface area contributed by atoms with E-state index in [0.717, 1.165) is 19.4 Å². The number of sulfone groups is 1. The van der Waals surface area contributed by atoms with E-state index in [1.807, 2.05) is 11.8 Å². The van der Waals surface area contributed by atoms with Crippen molar-refractivity contribution in [2.75, 3.05) is 30.9 Å². The normalized spacial score (nSPS) is 20.5. The Morgan fingerprint density at radius 2 is 2.32 bits per heavy atom. The Hall–Kier alpha value is -1.14. The molecule has 2 heterocycles. The molecule has 0 N–H and O–H groups in total. The summed E-state index contributed by atoms with van der Waals surface area (Å²) >= 11 is 0. The number of aromatic nitrogens is 1. The summed E-state index contributed by atoms with van der Waals surface area (Å²) in [5.41, 5.74) is 0. The average Bonchev–Trinajstić information content (AvgIpc) is 2.38. The first-order valence-corrected chi connectivity index (χ1v) is 8.43. The summed E-state index contributed by atoms with van der Waals surface area (Å²) < 4.78 is 29.3. The highest BCUT2D eigenvalue weighted by molar-refractivity contribution is 7.90. The molecule has 0 aliphatic carbocycles. The molecule has 106 valence electrons. The van der Waals surface area contributed by atoms with Crippen molar-refractivity contribution in [1.82, 2.24) is 4.98 Å². The average molecular weight is 284 g/mol. The number of hydrogen-bond donors (Lipinski definition) is 0. The second-order valence-corrected chi connectivity index (χ2v) is 6.75. The molecule has 1 aliphatic rings. The van der Waals surface area contributed by atoms with Crippen molar-refractivity contribution in [3.05, 3.63) is 18.3 Å². The van der Waals surface area contributed by atoms with Crippen LogP contribution in [0.1, 0.15) is 19.8 Å². The molecule has 0 spiro atoms. The van der Waals surface area contributed by atoms with Crippen LogP contribution in [0.2, 0.25) is 0 Å². The van der Waals surface area contributed by atoms with Gasteiger partial charge in [-0.3, -0.25) is 0 Å². The van der Waals surface area contributed by atoms with E-state index in [0.29, 0.717) is 23.9 Å². The number of anilines is 1. The van der Waals surface area contributed by atoms with Gasteiger partial charge >= 0.3 is 0 Å². The number of piperidine rings is 1. The summed E-state index contributed by atoms with van der Waals surface area (Å²) in [7, 11) is -3.26. The van der Waals surface area contributed by atoms with Crippen molar-refractivity contribution in [3.63, 3.8) is 0 Å². The Morgan fingerprint density at radius 3 is 3.00 bits per heavy atom. The summed E-state index contributed by atoms with van der Waals surface area (Å²) in [6.45, 7) is 4.18. The molecular formula is C13H20N2O3S. The number of rotatable bonds is 4. The summed E-state index contributed by atoms with van der Waals surface area (Å²) in [6.07, 6.45) is 5.02. The minimum atomic E-state index is -3.26. The van der Waals surface area contributed by atoms with Gasteiger partial charge in [-0.05, 0) is 31.9 Å². The van der Waals surface area contributed by atoms with Gasteiger partial charge in [-0.25, -0.2) is 13.4 Å². The lowest BCUT2D eigenvalue weighted by Gasteiger charge is -2.34. The fraction of sp³-hybridized carbons (Fsp3) is 0.615. The van der Waals surface area contributed by atoms with E-state index in [4.69, 9.17) is 4.74 Å². The van der Waals surface area contributed by atoms with Gasteiger partial charge in [-0.2, -0.15) is 0 Å². The van der Waals surface area contributed by atoms with E-state index in [1.54, 1.807) is 18.3 Å². The Kier molecular flexibility index (Phi) is 4.42. The molecule has 2 rings (SSSR count). The van der Waals surface area contributed by atoms with Crippen LogP contribution >= 0.6 is 0 Å². The Balaban J connectivity index is 2.27. The van der Waals surface area contributed by atoms with Crippen LogP contribution in [0.25, 0.3) is 0 Å². The van der Waals surface area contributed by atoms with E-state index in [1.165, 1.54) is 6.26 Å². The predicted molar refractivity (Wildman–Crippen MR) is 74.2 cm³/mol. The summed E-state index contributed by atoms with van der Waals surface area (Å²) in [5.74, 6) is 0.550. The third kappa shape index (κ3) is 3.45. The van der Waals surface area contributed by atoms with Gasteiger partial charge in [0.05, 0.1) is 6.10 Å². The molecule has 1 fully saturated rings. The third-order valence-electron chi connectivity index (χ3n) is 3.23. The molecule has 0 aromatic carbocycles. The second kappa shape index (κ2) is 5.88. The van der Waals surface area contributed by atoms with Gasteiger partial charge in [0, 0.05) is 32.1 Å². The SMILES string of the molecule is CCOC1CCCN(c2ncccc2S(C)(=O)=O)C1. The Morgan fingerprint density at radius 1 is 1.53 bits per heavy atom. The molecule has 1 unspecified atom stereocenters. The highest BCUT2D eigenvalue weighted by atomic mass is 32.2. The largest absolute Gasteiger partial charge is 0.377 e. The Bertz CT molecular complexity index is 528. The van der Waals surface area contributed by atoms with Crippen molar-refractivity contribution in [2.24, 2.45) is 0 Å². The molecule has 1 saturated heterocycles. The number of pyridine rings is 1. The van der Waals surface area contributed by atoms with Crippen LogP contribution < -0.4 is 4.90 Å². The molecular weight excluding hydrogens is 264 g/mol. The maximum absolute atomic E-state index is 11.8. The zero-order valence-corrected chi connectivity index (χ0v) is 12.2. The molecule has 0 bridgehead atoms.